The predicted molar refractivity (Wildman–Crippen MR) is 131 cm³/mol. The van der Waals surface area contributed by atoms with Crippen LogP contribution in [0.4, 0.5) is 17.6 Å². The number of carbonyl (C=O) groups excluding carboxylic acids is 2. The van der Waals surface area contributed by atoms with Crippen molar-refractivity contribution in [2.45, 2.75) is 85.0 Å². The fourth-order valence-corrected chi connectivity index (χ4v) is 8.89. The van der Waals surface area contributed by atoms with E-state index in [-0.39, 0.29) is 35.0 Å². The summed E-state index contributed by atoms with van der Waals surface area (Å²) in [5, 5.41) is 0. The Balaban J connectivity index is 1.24. The molecule has 0 spiro atoms. The highest BCUT2D eigenvalue weighted by Crippen LogP contribution is 2.67. The standard InChI is InChI=1S/C30H36F4O3/c1-16(4-9-25(36)37-28-26(33)23(31)15-24(32)27(28)34)20-7-8-21-19-6-5-17-14-18(35)10-12-29(17,2)22(19)11-13-30(20,21)3/h14-16,19-22H,4-13H2,1-3H3. The molecule has 0 saturated heterocycles. The van der Waals surface area contributed by atoms with Crippen LogP contribution in [-0.4, -0.2) is 11.8 Å². The maximum absolute atomic E-state index is 13.9. The summed E-state index contributed by atoms with van der Waals surface area (Å²) in [7, 11) is 0. The molecule has 0 aliphatic heterocycles. The minimum atomic E-state index is -1.70. The minimum Gasteiger partial charge on any atom is -0.420 e. The molecule has 0 bridgehead atoms. The maximum atomic E-state index is 13.9. The lowest BCUT2D eigenvalue weighted by molar-refractivity contribution is -0.135. The summed E-state index contributed by atoms with van der Waals surface area (Å²) in [5.41, 5.74) is 1.66. The van der Waals surface area contributed by atoms with Gasteiger partial charge in [-0.25, -0.2) is 8.78 Å². The zero-order valence-electron chi connectivity index (χ0n) is 21.8. The molecule has 7 heteroatoms. The quantitative estimate of drug-likeness (QED) is 0.173. The Morgan fingerprint density at radius 3 is 2.41 bits per heavy atom. The van der Waals surface area contributed by atoms with Crippen LogP contribution in [0.1, 0.15) is 85.0 Å². The highest BCUT2D eigenvalue weighted by Gasteiger charge is 2.59. The van der Waals surface area contributed by atoms with E-state index in [2.05, 4.69) is 20.8 Å². The molecule has 0 N–H and O–H groups in total. The van der Waals surface area contributed by atoms with Gasteiger partial charge in [0.1, 0.15) is 0 Å². The molecular formula is C30H36F4O3. The van der Waals surface area contributed by atoms with Crippen LogP contribution >= 0.6 is 0 Å². The number of hydrogen-bond donors (Lipinski definition) is 0. The molecule has 3 saturated carbocycles. The Bertz CT molecular complexity index is 1120. The molecule has 3 nitrogen and oxygen atoms in total. The van der Waals surface area contributed by atoms with Gasteiger partial charge in [-0.05, 0) is 97.9 Å². The minimum absolute atomic E-state index is 0.0816. The zero-order chi connectivity index (χ0) is 26.7. The Hall–Kier alpha value is -2.18. The van der Waals surface area contributed by atoms with Gasteiger partial charge in [-0.2, -0.15) is 8.78 Å². The summed E-state index contributed by atoms with van der Waals surface area (Å²) in [6.45, 7) is 6.90. The number of rotatable bonds is 5. The molecule has 37 heavy (non-hydrogen) atoms. The van der Waals surface area contributed by atoms with Crippen LogP contribution in [0.15, 0.2) is 17.7 Å². The van der Waals surface area contributed by atoms with Crippen molar-refractivity contribution in [3.05, 3.63) is 41.0 Å². The smallest absolute Gasteiger partial charge is 0.311 e. The number of esters is 1. The van der Waals surface area contributed by atoms with Crippen LogP contribution in [0.2, 0.25) is 0 Å². The van der Waals surface area contributed by atoms with Gasteiger partial charge in [0.2, 0.25) is 17.4 Å². The van der Waals surface area contributed by atoms with Crippen molar-refractivity contribution in [1.29, 1.82) is 0 Å². The molecule has 4 aliphatic rings. The Morgan fingerprint density at radius 1 is 1.00 bits per heavy atom. The van der Waals surface area contributed by atoms with Gasteiger partial charge in [0.15, 0.2) is 17.4 Å². The van der Waals surface area contributed by atoms with Gasteiger partial charge in [0, 0.05) is 18.9 Å². The Kier molecular flexibility index (Phi) is 6.81. The molecule has 1 aromatic rings. The topological polar surface area (TPSA) is 43.4 Å². The van der Waals surface area contributed by atoms with Crippen LogP contribution < -0.4 is 4.74 Å². The van der Waals surface area contributed by atoms with Crippen molar-refractivity contribution in [3.63, 3.8) is 0 Å². The first kappa shape index (κ1) is 26.4. The monoisotopic (exact) mass is 520 g/mol. The highest BCUT2D eigenvalue weighted by molar-refractivity contribution is 5.91. The van der Waals surface area contributed by atoms with Crippen molar-refractivity contribution >= 4 is 11.8 Å². The molecule has 7 unspecified atom stereocenters. The number of ketones is 1. The van der Waals surface area contributed by atoms with Crippen molar-refractivity contribution in [1.82, 2.24) is 0 Å². The molecular weight excluding hydrogens is 484 g/mol. The van der Waals surface area contributed by atoms with E-state index in [0.717, 1.165) is 44.9 Å². The summed E-state index contributed by atoms with van der Waals surface area (Å²) in [6.07, 6.45) is 10.6. The number of hydrogen-bond acceptors (Lipinski definition) is 3. The van der Waals surface area contributed by atoms with E-state index in [9.17, 15) is 27.2 Å². The fraction of sp³-hybridized carbons (Fsp3) is 0.667. The second-order valence-electron chi connectivity index (χ2n) is 12.5. The number of ether oxygens (including phenoxy) is 1. The van der Waals surface area contributed by atoms with Crippen molar-refractivity contribution in [3.8, 4) is 5.75 Å². The van der Waals surface area contributed by atoms with E-state index in [1.807, 2.05) is 6.08 Å². The molecule has 1 aromatic carbocycles. The van der Waals surface area contributed by atoms with E-state index in [1.165, 1.54) is 5.57 Å². The van der Waals surface area contributed by atoms with Gasteiger partial charge >= 0.3 is 5.97 Å². The van der Waals surface area contributed by atoms with Gasteiger partial charge in [-0.3, -0.25) is 9.59 Å². The molecule has 5 rings (SSSR count). The third-order valence-corrected chi connectivity index (χ3v) is 10.8. The predicted octanol–water partition coefficient (Wildman–Crippen LogP) is 7.71. The van der Waals surface area contributed by atoms with Crippen LogP contribution in [-0.2, 0) is 9.59 Å². The number of halogens is 4. The average molecular weight is 521 g/mol. The van der Waals surface area contributed by atoms with Gasteiger partial charge in [0.25, 0.3) is 0 Å². The third kappa shape index (κ3) is 4.34. The summed E-state index contributed by atoms with van der Waals surface area (Å²) in [5.74, 6) is -6.07. The molecule has 7 atom stereocenters. The van der Waals surface area contributed by atoms with Gasteiger partial charge in [-0.1, -0.05) is 26.3 Å². The number of fused-ring (bicyclic) bond motifs is 5. The number of benzene rings is 1. The maximum Gasteiger partial charge on any atom is 0.311 e. The lowest BCUT2D eigenvalue weighted by Crippen LogP contribution is -2.51. The van der Waals surface area contributed by atoms with Gasteiger partial charge < -0.3 is 4.74 Å². The second kappa shape index (κ2) is 9.53. The lowest BCUT2D eigenvalue weighted by Gasteiger charge is -2.58. The largest absolute Gasteiger partial charge is 0.420 e. The van der Waals surface area contributed by atoms with Crippen LogP contribution in [0.5, 0.6) is 5.75 Å². The highest BCUT2D eigenvalue weighted by atomic mass is 19.2. The number of carbonyl (C=O) groups is 2. The van der Waals surface area contributed by atoms with E-state index in [0.29, 0.717) is 36.5 Å². The summed E-state index contributed by atoms with van der Waals surface area (Å²) < 4.78 is 59.4. The third-order valence-electron chi connectivity index (χ3n) is 10.8. The van der Waals surface area contributed by atoms with E-state index in [1.54, 1.807) is 0 Å². The van der Waals surface area contributed by atoms with Crippen molar-refractivity contribution < 1.29 is 31.9 Å². The molecule has 0 amide bonds. The summed E-state index contributed by atoms with van der Waals surface area (Å²) in [6, 6.07) is 0.0909. The first-order valence-corrected chi connectivity index (χ1v) is 13.7. The van der Waals surface area contributed by atoms with Crippen molar-refractivity contribution in [2.75, 3.05) is 0 Å². The summed E-state index contributed by atoms with van der Waals surface area (Å²) >= 11 is 0. The average Bonchev–Trinajstić information content (AvgIpc) is 3.21. The van der Waals surface area contributed by atoms with Crippen LogP contribution in [0, 0.1) is 63.7 Å². The number of allylic oxidation sites excluding steroid dienone is 1. The van der Waals surface area contributed by atoms with Gasteiger partial charge in [0.05, 0.1) is 0 Å². The first-order valence-electron chi connectivity index (χ1n) is 13.7. The Morgan fingerprint density at radius 2 is 1.70 bits per heavy atom. The molecule has 0 aromatic heterocycles. The van der Waals surface area contributed by atoms with Crippen molar-refractivity contribution in [2.24, 2.45) is 40.4 Å². The fourth-order valence-electron chi connectivity index (χ4n) is 8.89. The van der Waals surface area contributed by atoms with E-state index >= 15 is 0 Å². The zero-order valence-corrected chi connectivity index (χ0v) is 21.8. The van der Waals surface area contributed by atoms with E-state index in [4.69, 9.17) is 4.74 Å². The molecule has 0 heterocycles. The summed E-state index contributed by atoms with van der Waals surface area (Å²) in [4.78, 5) is 24.4. The second-order valence-corrected chi connectivity index (χ2v) is 12.5. The molecule has 202 valence electrons. The molecule has 0 radical (unpaired) electrons. The van der Waals surface area contributed by atoms with Crippen LogP contribution in [0.25, 0.3) is 0 Å². The SMILES string of the molecule is CC(CCC(=O)Oc1c(F)c(F)cc(F)c1F)C1CCC2C3CCC4=CC(=O)CCC4(C)C3CCC12C. The molecule has 4 aliphatic carbocycles. The Labute approximate surface area is 216 Å². The lowest BCUT2D eigenvalue weighted by atomic mass is 9.46. The first-order chi connectivity index (χ1) is 17.5. The van der Waals surface area contributed by atoms with Gasteiger partial charge in [-0.15, -0.1) is 0 Å². The van der Waals surface area contributed by atoms with Crippen LogP contribution in [0.3, 0.4) is 0 Å². The molecule has 3 fully saturated rings. The normalized spacial score (nSPS) is 35.8. The van der Waals surface area contributed by atoms with E-state index < -0.39 is 35.0 Å².